The van der Waals surface area contributed by atoms with Crippen molar-refractivity contribution in [2.24, 2.45) is 23.2 Å². The maximum absolute atomic E-state index is 11.6. The molecule has 1 aliphatic heterocycles. The third kappa shape index (κ3) is 0.645. The van der Waals surface area contributed by atoms with Gasteiger partial charge in [-0.05, 0) is 25.2 Å². The highest BCUT2D eigenvalue weighted by Gasteiger charge is 2.65. The minimum absolute atomic E-state index is 0.00463. The van der Waals surface area contributed by atoms with Crippen LogP contribution in [0.15, 0.2) is 12.2 Å². The first-order valence-corrected chi connectivity index (χ1v) is 4.71. The van der Waals surface area contributed by atoms with E-state index in [9.17, 15) is 9.90 Å². The first kappa shape index (κ1) is 7.56. The van der Waals surface area contributed by atoms with Crippen LogP contribution in [0.3, 0.4) is 0 Å². The number of carbonyl (C=O) groups is 1. The lowest BCUT2D eigenvalue weighted by molar-refractivity contribution is -0.160. The Labute approximate surface area is 76.4 Å². The number of allylic oxidation sites excluding steroid dienone is 2. The van der Waals surface area contributed by atoms with Gasteiger partial charge in [-0.3, -0.25) is 4.79 Å². The van der Waals surface area contributed by atoms with Crippen LogP contribution in [0.1, 0.15) is 13.3 Å². The van der Waals surface area contributed by atoms with Crippen molar-refractivity contribution in [3.05, 3.63) is 12.2 Å². The summed E-state index contributed by atoms with van der Waals surface area (Å²) < 4.78 is 4.89. The van der Waals surface area contributed by atoms with Crippen LogP contribution in [0.25, 0.3) is 0 Å². The summed E-state index contributed by atoms with van der Waals surface area (Å²) >= 11 is 0. The number of hydrogen-bond acceptors (Lipinski definition) is 3. The van der Waals surface area contributed by atoms with E-state index >= 15 is 0 Å². The normalized spacial score (nSPS) is 56.9. The second-order valence-corrected chi connectivity index (χ2v) is 4.50. The lowest BCUT2D eigenvalue weighted by Gasteiger charge is -2.27. The highest BCUT2D eigenvalue weighted by molar-refractivity contribution is 5.81. The van der Waals surface area contributed by atoms with Crippen molar-refractivity contribution in [2.45, 2.75) is 19.6 Å². The standard InChI is InChI=1S/C10H12O3/c1-10-6-3-2-5(4-6)7(10)8(11)13-9(10)12/h2-3,5-8,11H,4H2,1H3/t5-,6?,7+,8+,10-/m0/s1. The van der Waals surface area contributed by atoms with E-state index in [1.54, 1.807) is 0 Å². The van der Waals surface area contributed by atoms with E-state index in [4.69, 9.17) is 4.74 Å². The number of fused-ring (bicyclic) bond motifs is 5. The summed E-state index contributed by atoms with van der Waals surface area (Å²) in [4.78, 5) is 11.6. The molecule has 3 nitrogen and oxygen atoms in total. The predicted octanol–water partition coefficient (Wildman–Crippen LogP) is 0.690. The lowest BCUT2D eigenvalue weighted by Crippen LogP contribution is -2.35. The zero-order valence-electron chi connectivity index (χ0n) is 7.43. The van der Waals surface area contributed by atoms with Gasteiger partial charge in [0.15, 0.2) is 0 Å². The van der Waals surface area contributed by atoms with E-state index in [2.05, 4.69) is 12.2 Å². The van der Waals surface area contributed by atoms with Crippen molar-refractivity contribution >= 4 is 5.97 Å². The highest BCUT2D eigenvalue weighted by atomic mass is 16.6. The molecule has 0 radical (unpaired) electrons. The summed E-state index contributed by atoms with van der Waals surface area (Å²) in [6.07, 6.45) is 4.34. The molecule has 0 amide bonds. The molecule has 1 saturated heterocycles. The van der Waals surface area contributed by atoms with Crippen molar-refractivity contribution in [1.82, 2.24) is 0 Å². The molecule has 2 aliphatic carbocycles. The molecule has 0 spiro atoms. The van der Waals surface area contributed by atoms with Crippen LogP contribution in [-0.4, -0.2) is 17.4 Å². The Morgan fingerprint density at radius 1 is 1.62 bits per heavy atom. The number of ether oxygens (including phenoxy) is 1. The Hall–Kier alpha value is -0.830. The van der Waals surface area contributed by atoms with E-state index in [1.165, 1.54) is 0 Å². The van der Waals surface area contributed by atoms with Crippen LogP contribution in [0.5, 0.6) is 0 Å². The maximum Gasteiger partial charge on any atom is 0.315 e. The molecular formula is C10H12O3. The van der Waals surface area contributed by atoms with Crippen LogP contribution in [0, 0.1) is 23.2 Å². The van der Waals surface area contributed by atoms with Gasteiger partial charge in [0.25, 0.3) is 0 Å². The van der Waals surface area contributed by atoms with Crippen molar-refractivity contribution < 1.29 is 14.6 Å². The van der Waals surface area contributed by atoms with Crippen LogP contribution >= 0.6 is 0 Å². The second-order valence-electron chi connectivity index (χ2n) is 4.50. The molecule has 3 heteroatoms. The number of rotatable bonds is 0. The van der Waals surface area contributed by atoms with Crippen molar-refractivity contribution in [3.8, 4) is 0 Å². The van der Waals surface area contributed by atoms with E-state index in [0.29, 0.717) is 5.92 Å². The fourth-order valence-corrected chi connectivity index (χ4v) is 3.24. The van der Waals surface area contributed by atoms with Gasteiger partial charge in [0.05, 0.1) is 5.41 Å². The van der Waals surface area contributed by atoms with Crippen LogP contribution in [0.2, 0.25) is 0 Å². The summed E-state index contributed by atoms with van der Waals surface area (Å²) in [6, 6.07) is 0. The molecule has 0 aromatic rings. The Morgan fingerprint density at radius 3 is 3.08 bits per heavy atom. The summed E-state index contributed by atoms with van der Waals surface area (Å²) in [5, 5.41) is 9.58. The van der Waals surface area contributed by atoms with E-state index in [0.717, 1.165) is 6.42 Å². The van der Waals surface area contributed by atoms with E-state index in [1.807, 2.05) is 6.92 Å². The summed E-state index contributed by atoms with van der Waals surface area (Å²) in [7, 11) is 0. The molecule has 13 heavy (non-hydrogen) atoms. The van der Waals surface area contributed by atoms with E-state index < -0.39 is 11.7 Å². The first-order chi connectivity index (χ1) is 6.14. The fraction of sp³-hybridized carbons (Fsp3) is 0.700. The van der Waals surface area contributed by atoms with E-state index in [-0.39, 0.29) is 17.8 Å². The first-order valence-electron chi connectivity index (χ1n) is 4.71. The number of cyclic esters (lactones) is 1. The SMILES string of the molecule is C[C@@]12C(=O)O[C@@H](O)[C@H]1[C@H]1C=CC2C1. The van der Waals surface area contributed by atoms with Gasteiger partial charge in [0.2, 0.25) is 6.29 Å². The van der Waals surface area contributed by atoms with Gasteiger partial charge in [-0.2, -0.15) is 0 Å². The molecule has 5 atom stereocenters. The van der Waals surface area contributed by atoms with Crippen molar-refractivity contribution in [3.63, 3.8) is 0 Å². The summed E-state index contributed by atoms with van der Waals surface area (Å²) in [5.74, 6) is 0.403. The zero-order chi connectivity index (χ0) is 9.22. The molecule has 1 heterocycles. The zero-order valence-corrected chi connectivity index (χ0v) is 7.43. The fourth-order valence-electron chi connectivity index (χ4n) is 3.24. The molecule has 0 aromatic carbocycles. The summed E-state index contributed by atoms with van der Waals surface area (Å²) in [6.45, 7) is 1.92. The molecule has 70 valence electrons. The number of carbonyl (C=O) groups excluding carboxylic acids is 1. The quantitative estimate of drug-likeness (QED) is 0.440. The van der Waals surface area contributed by atoms with Gasteiger partial charge in [-0.1, -0.05) is 12.2 Å². The Morgan fingerprint density at radius 2 is 2.38 bits per heavy atom. The lowest BCUT2D eigenvalue weighted by atomic mass is 9.71. The highest BCUT2D eigenvalue weighted by Crippen LogP contribution is 2.60. The third-order valence-electron chi connectivity index (χ3n) is 4.02. The molecule has 3 rings (SSSR count). The van der Waals surface area contributed by atoms with Crippen LogP contribution < -0.4 is 0 Å². The van der Waals surface area contributed by atoms with Gasteiger partial charge >= 0.3 is 5.97 Å². The third-order valence-corrected chi connectivity index (χ3v) is 4.02. The Bertz CT molecular complexity index is 309. The molecule has 3 aliphatic rings. The average Bonchev–Trinajstić information content (AvgIpc) is 2.66. The molecular weight excluding hydrogens is 168 g/mol. The Balaban J connectivity index is 2.12. The van der Waals surface area contributed by atoms with Crippen molar-refractivity contribution in [1.29, 1.82) is 0 Å². The molecule has 1 N–H and O–H groups in total. The molecule has 0 aromatic heterocycles. The topological polar surface area (TPSA) is 46.5 Å². The number of aliphatic hydroxyl groups excluding tert-OH is 1. The monoisotopic (exact) mass is 180 g/mol. The van der Waals surface area contributed by atoms with Gasteiger partial charge in [-0.25, -0.2) is 0 Å². The second kappa shape index (κ2) is 1.98. The van der Waals surface area contributed by atoms with Gasteiger partial charge in [0, 0.05) is 5.92 Å². The molecule has 1 unspecified atom stereocenters. The minimum atomic E-state index is -0.877. The smallest absolute Gasteiger partial charge is 0.315 e. The minimum Gasteiger partial charge on any atom is -0.435 e. The van der Waals surface area contributed by atoms with Crippen LogP contribution in [-0.2, 0) is 9.53 Å². The Kier molecular flexibility index (Phi) is 1.15. The predicted molar refractivity (Wildman–Crippen MR) is 44.4 cm³/mol. The largest absolute Gasteiger partial charge is 0.435 e. The molecule has 2 fully saturated rings. The molecule has 1 saturated carbocycles. The number of aliphatic hydroxyl groups is 1. The maximum atomic E-state index is 11.6. The van der Waals surface area contributed by atoms with Crippen LogP contribution in [0.4, 0.5) is 0 Å². The molecule has 2 bridgehead atoms. The number of hydrogen-bond donors (Lipinski definition) is 1. The number of esters is 1. The van der Waals surface area contributed by atoms with Crippen molar-refractivity contribution in [2.75, 3.05) is 0 Å². The van der Waals surface area contributed by atoms with Gasteiger partial charge in [-0.15, -0.1) is 0 Å². The summed E-state index contributed by atoms with van der Waals surface area (Å²) in [5.41, 5.74) is -0.446. The van der Waals surface area contributed by atoms with Gasteiger partial charge in [0.1, 0.15) is 0 Å². The average molecular weight is 180 g/mol. The van der Waals surface area contributed by atoms with Gasteiger partial charge < -0.3 is 9.84 Å².